The third-order valence-electron chi connectivity index (χ3n) is 2.51. The predicted octanol–water partition coefficient (Wildman–Crippen LogP) is 2.57. The summed E-state index contributed by atoms with van der Waals surface area (Å²) in [5.41, 5.74) is 6.37. The average Bonchev–Trinajstić information content (AvgIpc) is 2.88. The number of rotatable bonds is 4. The quantitative estimate of drug-likeness (QED) is 0.881. The van der Waals surface area contributed by atoms with E-state index in [0.29, 0.717) is 28.0 Å². The lowest BCUT2D eigenvalue weighted by Crippen LogP contribution is -2.18. The fourth-order valence-corrected chi connectivity index (χ4v) is 2.34. The van der Waals surface area contributed by atoms with E-state index in [1.54, 1.807) is 12.1 Å². The van der Waals surface area contributed by atoms with Crippen molar-refractivity contribution in [1.82, 2.24) is 20.2 Å². The minimum absolute atomic E-state index is 0.209. The second kappa shape index (κ2) is 5.84. The molecule has 0 aliphatic rings. The zero-order valence-electron chi connectivity index (χ0n) is 9.22. The number of hydrogen-bond acceptors (Lipinski definition) is 4. The molecule has 0 saturated heterocycles. The Morgan fingerprint density at radius 1 is 1.22 bits per heavy atom. The van der Waals surface area contributed by atoms with Crippen LogP contribution in [0.15, 0.2) is 18.5 Å². The van der Waals surface area contributed by atoms with Crippen molar-refractivity contribution in [3.05, 3.63) is 39.1 Å². The fraction of sp³-hybridized carbons (Fsp3) is 0.300. The summed E-state index contributed by atoms with van der Waals surface area (Å²) < 4.78 is 0. The van der Waals surface area contributed by atoms with Crippen LogP contribution < -0.4 is 5.73 Å². The van der Waals surface area contributed by atoms with Crippen molar-refractivity contribution < 1.29 is 0 Å². The number of nitrogens with two attached hydrogens (primary N) is 1. The predicted molar refractivity (Wildman–Crippen MR) is 71.1 cm³/mol. The van der Waals surface area contributed by atoms with Crippen LogP contribution in [-0.2, 0) is 0 Å². The molecule has 18 heavy (non-hydrogen) atoms. The summed E-state index contributed by atoms with van der Waals surface area (Å²) in [6.07, 6.45) is 1.98. The van der Waals surface area contributed by atoms with Gasteiger partial charge in [-0.2, -0.15) is 4.80 Å². The smallest absolute Gasteiger partial charge is 0.162 e. The van der Waals surface area contributed by atoms with Gasteiger partial charge in [-0.3, -0.25) is 0 Å². The molecule has 1 atom stereocenters. The Hall–Kier alpha value is -0.880. The SMILES string of the molecule is NCCC(c1ccc(Cl)c(Cl)c1Cl)n1ncnn1. The molecule has 1 aromatic heterocycles. The molecule has 96 valence electrons. The Morgan fingerprint density at radius 3 is 2.61 bits per heavy atom. The molecular weight excluding hydrogens is 297 g/mol. The minimum Gasteiger partial charge on any atom is -0.330 e. The first-order chi connectivity index (χ1) is 8.65. The summed E-state index contributed by atoms with van der Waals surface area (Å²) in [5, 5.41) is 12.7. The van der Waals surface area contributed by atoms with E-state index in [1.165, 1.54) is 11.1 Å². The van der Waals surface area contributed by atoms with Gasteiger partial charge in [0.05, 0.1) is 15.1 Å². The van der Waals surface area contributed by atoms with Gasteiger partial charge in [-0.25, -0.2) is 0 Å². The fourth-order valence-electron chi connectivity index (χ4n) is 1.67. The van der Waals surface area contributed by atoms with Crippen LogP contribution in [0.4, 0.5) is 0 Å². The van der Waals surface area contributed by atoms with Gasteiger partial charge in [0.2, 0.25) is 0 Å². The van der Waals surface area contributed by atoms with Gasteiger partial charge in [-0.15, -0.1) is 10.2 Å². The highest BCUT2D eigenvalue weighted by Gasteiger charge is 2.20. The van der Waals surface area contributed by atoms with Crippen molar-refractivity contribution >= 4 is 34.8 Å². The Morgan fingerprint density at radius 2 is 2.00 bits per heavy atom. The first-order valence-electron chi connectivity index (χ1n) is 5.21. The maximum Gasteiger partial charge on any atom is 0.162 e. The maximum atomic E-state index is 6.20. The monoisotopic (exact) mass is 305 g/mol. The van der Waals surface area contributed by atoms with Crippen LogP contribution in [0.3, 0.4) is 0 Å². The standard InChI is InChI=1S/C10H10Cl3N5/c11-7-2-1-6(9(12)10(7)13)8(3-4-14)18-16-5-15-17-18/h1-2,5,8H,3-4,14H2. The van der Waals surface area contributed by atoms with Gasteiger partial charge in [0.15, 0.2) is 6.33 Å². The molecule has 1 aromatic carbocycles. The van der Waals surface area contributed by atoms with Crippen LogP contribution in [0.5, 0.6) is 0 Å². The van der Waals surface area contributed by atoms with Gasteiger partial charge in [0, 0.05) is 0 Å². The van der Waals surface area contributed by atoms with E-state index < -0.39 is 0 Å². The third-order valence-corrected chi connectivity index (χ3v) is 3.82. The average molecular weight is 307 g/mol. The van der Waals surface area contributed by atoms with Gasteiger partial charge < -0.3 is 5.73 Å². The van der Waals surface area contributed by atoms with Gasteiger partial charge in [0.1, 0.15) is 6.04 Å². The van der Waals surface area contributed by atoms with Crippen molar-refractivity contribution in [1.29, 1.82) is 0 Å². The number of aromatic nitrogens is 4. The summed E-state index contributed by atoms with van der Waals surface area (Å²) >= 11 is 18.1. The highest BCUT2D eigenvalue weighted by molar-refractivity contribution is 6.48. The van der Waals surface area contributed by atoms with E-state index >= 15 is 0 Å². The van der Waals surface area contributed by atoms with E-state index in [9.17, 15) is 0 Å². The van der Waals surface area contributed by atoms with E-state index in [2.05, 4.69) is 15.4 Å². The molecule has 2 aromatic rings. The topological polar surface area (TPSA) is 69.6 Å². The Labute approximate surface area is 119 Å². The Bertz CT molecular complexity index is 529. The van der Waals surface area contributed by atoms with Gasteiger partial charge in [-0.05, 0) is 29.8 Å². The first-order valence-corrected chi connectivity index (χ1v) is 6.34. The molecule has 0 spiro atoms. The van der Waals surface area contributed by atoms with Gasteiger partial charge in [0.25, 0.3) is 0 Å². The number of nitrogens with zero attached hydrogens (tertiary/aromatic N) is 4. The Kier molecular flexibility index (Phi) is 4.40. The first kappa shape index (κ1) is 13.5. The zero-order chi connectivity index (χ0) is 13.1. The lowest BCUT2D eigenvalue weighted by Gasteiger charge is -2.17. The largest absolute Gasteiger partial charge is 0.330 e. The van der Waals surface area contributed by atoms with Crippen LogP contribution >= 0.6 is 34.8 Å². The summed E-state index contributed by atoms with van der Waals surface area (Å²) in [7, 11) is 0. The highest BCUT2D eigenvalue weighted by Crippen LogP contribution is 2.37. The van der Waals surface area contributed by atoms with Crippen molar-refractivity contribution in [3.8, 4) is 0 Å². The molecule has 0 amide bonds. The van der Waals surface area contributed by atoms with Crippen LogP contribution in [0, 0.1) is 0 Å². The van der Waals surface area contributed by atoms with Crippen LogP contribution in [0.25, 0.3) is 0 Å². The van der Waals surface area contributed by atoms with E-state index in [1.807, 2.05) is 0 Å². The number of halogens is 3. The van der Waals surface area contributed by atoms with Crippen molar-refractivity contribution in [2.24, 2.45) is 5.73 Å². The summed E-state index contributed by atoms with van der Waals surface area (Å²) in [5.74, 6) is 0. The molecule has 8 heteroatoms. The molecule has 0 aliphatic heterocycles. The van der Waals surface area contributed by atoms with Crippen LogP contribution in [0.2, 0.25) is 15.1 Å². The summed E-state index contributed by atoms with van der Waals surface area (Å²) in [6, 6.07) is 3.27. The summed E-state index contributed by atoms with van der Waals surface area (Å²) in [4.78, 5) is 1.46. The molecule has 1 heterocycles. The molecule has 5 nitrogen and oxygen atoms in total. The number of tetrazole rings is 1. The second-order valence-corrected chi connectivity index (χ2v) is 4.78. The lowest BCUT2D eigenvalue weighted by molar-refractivity contribution is 0.431. The molecule has 1 unspecified atom stereocenters. The third kappa shape index (κ3) is 2.59. The van der Waals surface area contributed by atoms with Crippen LogP contribution in [0.1, 0.15) is 18.0 Å². The molecule has 2 N–H and O–H groups in total. The molecule has 0 aliphatic carbocycles. The van der Waals surface area contributed by atoms with Crippen molar-refractivity contribution in [3.63, 3.8) is 0 Å². The van der Waals surface area contributed by atoms with E-state index in [-0.39, 0.29) is 6.04 Å². The molecular formula is C10H10Cl3N5. The lowest BCUT2D eigenvalue weighted by atomic mass is 10.0. The summed E-state index contributed by atoms with van der Waals surface area (Å²) in [6.45, 7) is 0.461. The zero-order valence-corrected chi connectivity index (χ0v) is 11.5. The van der Waals surface area contributed by atoms with Crippen molar-refractivity contribution in [2.75, 3.05) is 6.54 Å². The molecule has 0 bridgehead atoms. The maximum absolute atomic E-state index is 6.20. The highest BCUT2D eigenvalue weighted by atomic mass is 35.5. The van der Waals surface area contributed by atoms with Gasteiger partial charge in [-0.1, -0.05) is 40.9 Å². The van der Waals surface area contributed by atoms with Crippen molar-refractivity contribution in [2.45, 2.75) is 12.5 Å². The second-order valence-electron chi connectivity index (χ2n) is 3.61. The van der Waals surface area contributed by atoms with E-state index in [4.69, 9.17) is 40.5 Å². The number of hydrogen-bond donors (Lipinski definition) is 1. The molecule has 0 fully saturated rings. The van der Waals surface area contributed by atoms with E-state index in [0.717, 1.165) is 5.56 Å². The molecule has 0 radical (unpaired) electrons. The normalized spacial score (nSPS) is 12.7. The van der Waals surface area contributed by atoms with Crippen LogP contribution in [-0.4, -0.2) is 26.8 Å². The molecule has 0 saturated carbocycles. The molecule has 2 rings (SSSR count). The van der Waals surface area contributed by atoms with Gasteiger partial charge >= 0.3 is 0 Å². The number of benzene rings is 1. The minimum atomic E-state index is -0.209. The Balaban J connectivity index is 2.47.